The van der Waals surface area contributed by atoms with Crippen molar-refractivity contribution in [3.63, 3.8) is 0 Å². The van der Waals surface area contributed by atoms with Crippen molar-refractivity contribution in [2.24, 2.45) is 0 Å². The normalized spacial score (nSPS) is 16.2. The number of allylic oxidation sites excluding steroid dienone is 3. The molecule has 2 aromatic rings. The molecule has 0 fully saturated rings. The summed E-state index contributed by atoms with van der Waals surface area (Å²) in [4.78, 5) is 23.3. The first-order chi connectivity index (χ1) is 12.3. The minimum absolute atomic E-state index is 0.0514. The predicted molar refractivity (Wildman–Crippen MR) is 104 cm³/mol. The topological polar surface area (TPSA) is 69.9 Å². The number of benzene rings is 1. The summed E-state index contributed by atoms with van der Waals surface area (Å²) in [6.07, 6.45) is 6.43. The maximum absolute atomic E-state index is 13.1. The molecule has 1 aromatic carbocycles. The maximum Gasteiger partial charge on any atom is 0.241 e. The van der Waals surface area contributed by atoms with Gasteiger partial charge in [0.15, 0.2) is 0 Å². The molecule has 0 radical (unpaired) electrons. The Kier molecular flexibility index (Phi) is 4.32. The molecule has 0 saturated heterocycles. The highest BCUT2D eigenvalue weighted by molar-refractivity contribution is 6.14. The molecule has 26 heavy (non-hydrogen) atoms. The van der Waals surface area contributed by atoms with E-state index in [9.17, 15) is 4.79 Å². The molecule has 0 atom stereocenters. The third-order valence-electron chi connectivity index (χ3n) is 4.85. The molecule has 1 aliphatic heterocycles. The van der Waals surface area contributed by atoms with E-state index in [2.05, 4.69) is 16.5 Å². The quantitative estimate of drug-likeness (QED) is 0.667. The van der Waals surface area contributed by atoms with E-state index in [1.807, 2.05) is 45.9 Å². The number of aromatic nitrogens is 2. The van der Waals surface area contributed by atoms with Crippen molar-refractivity contribution in [3.05, 3.63) is 65.9 Å². The van der Waals surface area contributed by atoms with Crippen LogP contribution < -0.4 is 4.90 Å². The minimum atomic E-state index is -0.659. The van der Waals surface area contributed by atoms with Crippen LogP contribution in [0.2, 0.25) is 0 Å². The number of hydrogen-bond acceptors (Lipinski definition) is 4. The molecule has 132 valence electrons. The summed E-state index contributed by atoms with van der Waals surface area (Å²) < 4.78 is 0. The standard InChI is InChI=1S/C21H22N4O/c1-6-13(2)19(10-22)25-18-9-15(16-11-23-14(3)24-12-16)7-8-17(18)21(4,5)20(25)26/h6-12,22H,1H2,2-5H3/b19-13+,22-10?. The molecule has 0 unspecified atom stereocenters. The Morgan fingerprint density at radius 2 is 1.88 bits per heavy atom. The molecule has 0 spiro atoms. The largest absolute Gasteiger partial charge is 0.307 e. The lowest BCUT2D eigenvalue weighted by Crippen LogP contribution is -2.36. The van der Waals surface area contributed by atoms with Crippen LogP contribution in [0.1, 0.15) is 32.2 Å². The Labute approximate surface area is 153 Å². The first-order valence-corrected chi connectivity index (χ1v) is 8.43. The summed E-state index contributed by atoms with van der Waals surface area (Å²) in [5.74, 6) is 0.660. The minimum Gasteiger partial charge on any atom is -0.307 e. The Hall–Kier alpha value is -3.08. The third-order valence-corrected chi connectivity index (χ3v) is 4.85. The Morgan fingerprint density at radius 3 is 2.46 bits per heavy atom. The van der Waals surface area contributed by atoms with E-state index in [1.165, 1.54) is 6.21 Å². The Balaban J connectivity index is 2.22. The SMILES string of the molecule is C=C/C(C)=C(\C=N)N1C(=O)C(C)(C)c2ccc(-c3cnc(C)nc3)cc21. The van der Waals surface area contributed by atoms with E-state index in [4.69, 9.17) is 5.41 Å². The van der Waals surface area contributed by atoms with Crippen molar-refractivity contribution in [1.29, 1.82) is 5.41 Å². The summed E-state index contributed by atoms with van der Waals surface area (Å²) in [6, 6.07) is 5.93. The van der Waals surface area contributed by atoms with E-state index in [0.29, 0.717) is 11.5 Å². The second kappa shape index (κ2) is 6.33. The zero-order valence-corrected chi connectivity index (χ0v) is 15.5. The van der Waals surface area contributed by atoms with Crippen molar-refractivity contribution >= 4 is 17.8 Å². The first kappa shape index (κ1) is 17.7. The molecule has 1 aliphatic rings. The maximum atomic E-state index is 13.1. The van der Waals surface area contributed by atoms with Gasteiger partial charge >= 0.3 is 0 Å². The van der Waals surface area contributed by atoms with Gasteiger partial charge in [-0.15, -0.1) is 0 Å². The lowest BCUT2D eigenvalue weighted by molar-refractivity contribution is -0.121. The molecule has 5 nitrogen and oxygen atoms in total. The monoisotopic (exact) mass is 346 g/mol. The summed E-state index contributed by atoms with van der Waals surface area (Å²) >= 11 is 0. The van der Waals surface area contributed by atoms with Gasteiger partial charge in [0.05, 0.1) is 16.8 Å². The number of fused-ring (bicyclic) bond motifs is 1. The Bertz CT molecular complexity index is 939. The fourth-order valence-electron chi connectivity index (χ4n) is 3.17. The van der Waals surface area contributed by atoms with E-state index in [-0.39, 0.29) is 5.91 Å². The van der Waals surface area contributed by atoms with Gasteiger partial charge in [-0.3, -0.25) is 9.69 Å². The van der Waals surface area contributed by atoms with Gasteiger partial charge in [0.1, 0.15) is 5.82 Å². The summed E-state index contributed by atoms with van der Waals surface area (Å²) in [7, 11) is 0. The molecule has 3 rings (SSSR count). The fourth-order valence-corrected chi connectivity index (χ4v) is 3.17. The van der Waals surface area contributed by atoms with Gasteiger partial charge in [-0.05, 0) is 50.5 Å². The molecule has 2 heterocycles. The number of amides is 1. The van der Waals surface area contributed by atoms with Crippen LogP contribution in [-0.4, -0.2) is 22.1 Å². The molecule has 0 bridgehead atoms. The van der Waals surface area contributed by atoms with Gasteiger partial charge < -0.3 is 5.41 Å². The van der Waals surface area contributed by atoms with Gasteiger partial charge in [-0.1, -0.05) is 24.8 Å². The highest BCUT2D eigenvalue weighted by Crippen LogP contribution is 2.45. The number of rotatable bonds is 4. The lowest BCUT2D eigenvalue weighted by Gasteiger charge is -2.22. The highest BCUT2D eigenvalue weighted by atomic mass is 16.2. The van der Waals surface area contributed by atoms with Crippen molar-refractivity contribution in [2.45, 2.75) is 33.1 Å². The molecule has 0 aliphatic carbocycles. The number of anilines is 1. The molecule has 1 amide bonds. The van der Waals surface area contributed by atoms with Crippen molar-refractivity contribution in [3.8, 4) is 11.1 Å². The average molecular weight is 346 g/mol. The third kappa shape index (κ3) is 2.65. The van der Waals surface area contributed by atoms with Crippen molar-refractivity contribution < 1.29 is 4.79 Å². The lowest BCUT2D eigenvalue weighted by atomic mass is 9.85. The second-order valence-corrected chi connectivity index (χ2v) is 6.93. The second-order valence-electron chi connectivity index (χ2n) is 6.93. The Morgan fingerprint density at radius 1 is 1.23 bits per heavy atom. The van der Waals surface area contributed by atoms with Gasteiger partial charge in [-0.2, -0.15) is 0 Å². The number of hydrogen-bond donors (Lipinski definition) is 1. The summed E-state index contributed by atoms with van der Waals surface area (Å²) in [5.41, 5.74) is 4.20. The summed E-state index contributed by atoms with van der Waals surface area (Å²) in [5, 5.41) is 7.82. The van der Waals surface area contributed by atoms with Crippen LogP contribution in [0.4, 0.5) is 5.69 Å². The molecule has 1 N–H and O–H groups in total. The van der Waals surface area contributed by atoms with Crippen LogP contribution in [0.25, 0.3) is 11.1 Å². The molecular formula is C21H22N4O. The van der Waals surface area contributed by atoms with Crippen LogP contribution in [0.5, 0.6) is 0 Å². The van der Waals surface area contributed by atoms with Gasteiger partial charge in [-0.25, -0.2) is 9.97 Å². The molecule has 1 aromatic heterocycles. The average Bonchev–Trinajstić information content (AvgIpc) is 2.83. The highest BCUT2D eigenvalue weighted by Gasteiger charge is 2.45. The van der Waals surface area contributed by atoms with Crippen LogP contribution in [0.3, 0.4) is 0 Å². The van der Waals surface area contributed by atoms with E-state index in [0.717, 1.165) is 28.0 Å². The fraction of sp³-hybridized carbons (Fsp3) is 0.238. The van der Waals surface area contributed by atoms with E-state index >= 15 is 0 Å². The van der Waals surface area contributed by atoms with Crippen LogP contribution in [0, 0.1) is 12.3 Å². The van der Waals surface area contributed by atoms with Crippen LogP contribution in [0.15, 0.2) is 54.5 Å². The van der Waals surface area contributed by atoms with E-state index < -0.39 is 5.41 Å². The number of nitrogens with one attached hydrogen (secondary N) is 1. The molecule has 5 heteroatoms. The van der Waals surface area contributed by atoms with Crippen LogP contribution in [-0.2, 0) is 10.2 Å². The predicted octanol–water partition coefficient (Wildman–Crippen LogP) is 4.19. The van der Waals surface area contributed by atoms with Crippen molar-refractivity contribution in [2.75, 3.05) is 4.90 Å². The van der Waals surface area contributed by atoms with Gasteiger partial charge in [0.25, 0.3) is 0 Å². The van der Waals surface area contributed by atoms with Gasteiger partial charge in [0, 0.05) is 24.2 Å². The molecule has 0 saturated carbocycles. The van der Waals surface area contributed by atoms with Gasteiger partial charge in [0.2, 0.25) is 5.91 Å². The summed E-state index contributed by atoms with van der Waals surface area (Å²) in [6.45, 7) is 11.3. The number of carbonyl (C=O) groups is 1. The zero-order valence-electron chi connectivity index (χ0n) is 15.5. The van der Waals surface area contributed by atoms with E-state index in [1.54, 1.807) is 23.4 Å². The first-order valence-electron chi connectivity index (χ1n) is 8.43. The number of nitrogens with zero attached hydrogens (tertiary/aromatic N) is 3. The number of aryl methyl sites for hydroxylation is 1. The smallest absolute Gasteiger partial charge is 0.241 e. The zero-order chi connectivity index (χ0) is 19.1. The van der Waals surface area contributed by atoms with Crippen LogP contribution >= 0.6 is 0 Å². The van der Waals surface area contributed by atoms with Crippen molar-refractivity contribution in [1.82, 2.24) is 9.97 Å². The molecular weight excluding hydrogens is 324 g/mol. The number of carbonyl (C=O) groups excluding carboxylic acids is 1.